The number of amides is 1. The second-order valence-electron chi connectivity index (χ2n) is 6.79. The topological polar surface area (TPSA) is 54.3 Å². The third-order valence-electron chi connectivity index (χ3n) is 4.83. The molecule has 1 aliphatic heterocycles. The summed E-state index contributed by atoms with van der Waals surface area (Å²) in [7, 11) is 1.94. The minimum absolute atomic E-state index is 0. The number of aromatic nitrogens is 1. The second-order valence-corrected chi connectivity index (χ2v) is 7.20. The van der Waals surface area contributed by atoms with Crippen molar-refractivity contribution in [3.8, 4) is 0 Å². The molecule has 0 aliphatic carbocycles. The number of piperidine rings is 1. The van der Waals surface area contributed by atoms with Crippen LogP contribution in [0.2, 0.25) is 5.02 Å². The molecule has 1 unspecified atom stereocenters. The zero-order valence-electron chi connectivity index (χ0n) is 15.4. The lowest BCUT2D eigenvalue weighted by Crippen LogP contribution is -2.42. The number of hydrogen-bond donors (Lipinski definition) is 1. The van der Waals surface area contributed by atoms with E-state index < -0.39 is 0 Å². The third-order valence-corrected chi connectivity index (χ3v) is 5.20. The van der Waals surface area contributed by atoms with Gasteiger partial charge in [0.1, 0.15) is 0 Å². The van der Waals surface area contributed by atoms with Crippen molar-refractivity contribution in [1.82, 2.24) is 14.8 Å². The Balaban J connectivity index is 0.00000261. The molecule has 7 heteroatoms. The number of nitrogens with one attached hydrogen (secondary N) is 1. The van der Waals surface area contributed by atoms with Crippen LogP contribution in [0.25, 0.3) is 0 Å². The Hall–Kier alpha value is -1.82. The highest BCUT2D eigenvalue weighted by Crippen LogP contribution is 2.19. The normalized spacial score (nSPS) is 16.7. The molecule has 0 spiro atoms. The molecule has 2 heterocycles. The number of rotatable bonds is 5. The molecule has 1 atom stereocenters. The Morgan fingerprint density at radius 2 is 2.04 bits per heavy atom. The van der Waals surface area contributed by atoms with E-state index in [4.69, 9.17) is 11.6 Å². The molecule has 1 aliphatic rings. The lowest BCUT2D eigenvalue weighted by atomic mass is 9.97. The van der Waals surface area contributed by atoms with Crippen molar-refractivity contribution in [1.29, 1.82) is 0 Å². The molecule has 1 amide bonds. The van der Waals surface area contributed by atoms with Crippen molar-refractivity contribution in [2.45, 2.75) is 19.4 Å². The summed E-state index contributed by atoms with van der Waals surface area (Å²) in [5.74, 6) is 0.463. The maximum atomic E-state index is 12.9. The summed E-state index contributed by atoms with van der Waals surface area (Å²) in [5, 5.41) is 3.80. The standard InChI is InChI=1S/C20H24ClN3O2.ClH/c1-22-11-15-5-4-10-23(12-15)20(26)17-8-9-19(25)24(14-17)13-16-6-2-3-7-18(16)21;/h2-3,6-9,14-15,22H,4-5,10-13H2,1H3;1H. The van der Waals surface area contributed by atoms with Gasteiger partial charge in [-0.15, -0.1) is 12.4 Å². The van der Waals surface area contributed by atoms with Gasteiger partial charge < -0.3 is 14.8 Å². The van der Waals surface area contributed by atoms with Crippen LogP contribution in [-0.2, 0) is 6.54 Å². The average molecular weight is 410 g/mol. The van der Waals surface area contributed by atoms with Gasteiger partial charge in [0.2, 0.25) is 0 Å². The van der Waals surface area contributed by atoms with Crippen LogP contribution in [0.4, 0.5) is 0 Å². The first-order valence-corrected chi connectivity index (χ1v) is 9.34. The monoisotopic (exact) mass is 409 g/mol. The summed E-state index contributed by atoms with van der Waals surface area (Å²) < 4.78 is 1.55. The maximum absolute atomic E-state index is 12.9. The van der Waals surface area contributed by atoms with Crippen LogP contribution in [-0.4, -0.2) is 42.1 Å². The largest absolute Gasteiger partial charge is 0.338 e. The van der Waals surface area contributed by atoms with Crippen molar-refractivity contribution in [2.24, 2.45) is 5.92 Å². The summed E-state index contributed by atoms with van der Waals surface area (Å²) in [6.07, 6.45) is 3.80. The molecule has 5 nitrogen and oxygen atoms in total. The Morgan fingerprint density at radius 3 is 2.78 bits per heavy atom. The smallest absolute Gasteiger partial charge is 0.255 e. The number of likely N-dealkylation sites (tertiary alicyclic amines) is 1. The molecule has 0 bridgehead atoms. The fourth-order valence-corrected chi connectivity index (χ4v) is 3.67. The molecular weight excluding hydrogens is 385 g/mol. The van der Waals surface area contributed by atoms with Gasteiger partial charge in [0.05, 0.1) is 12.1 Å². The maximum Gasteiger partial charge on any atom is 0.255 e. The van der Waals surface area contributed by atoms with Crippen molar-refractivity contribution in [2.75, 3.05) is 26.7 Å². The van der Waals surface area contributed by atoms with E-state index in [1.54, 1.807) is 22.9 Å². The first kappa shape index (κ1) is 21.5. The van der Waals surface area contributed by atoms with Gasteiger partial charge in [0.25, 0.3) is 11.5 Å². The highest BCUT2D eigenvalue weighted by atomic mass is 35.5. The molecule has 0 saturated carbocycles. The molecule has 146 valence electrons. The van der Waals surface area contributed by atoms with E-state index in [2.05, 4.69) is 5.32 Å². The number of pyridine rings is 1. The van der Waals surface area contributed by atoms with E-state index in [0.29, 0.717) is 23.0 Å². The molecule has 27 heavy (non-hydrogen) atoms. The van der Waals surface area contributed by atoms with Gasteiger partial charge in [-0.1, -0.05) is 29.8 Å². The molecule has 1 aromatic heterocycles. The molecule has 3 rings (SSSR count). The van der Waals surface area contributed by atoms with Crippen molar-refractivity contribution >= 4 is 29.9 Å². The highest BCUT2D eigenvalue weighted by molar-refractivity contribution is 6.31. The lowest BCUT2D eigenvalue weighted by Gasteiger charge is -2.32. The Kier molecular flexibility index (Phi) is 7.90. The lowest BCUT2D eigenvalue weighted by molar-refractivity contribution is 0.0673. The summed E-state index contributed by atoms with van der Waals surface area (Å²) in [6, 6.07) is 10.5. The molecule has 1 N–H and O–H groups in total. The van der Waals surface area contributed by atoms with E-state index in [1.165, 1.54) is 6.07 Å². The first-order chi connectivity index (χ1) is 12.6. The summed E-state index contributed by atoms with van der Waals surface area (Å²) in [6.45, 7) is 2.78. The molecule has 1 saturated heterocycles. The SMILES string of the molecule is CNCC1CCCN(C(=O)c2ccc(=O)n(Cc3ccccc3Cl)c2)C1.Cl. The summed E-state index contributed by atoms with van der Waals surface area (Å²) in [4.78, 5) is 27.0. The number of carbonyl (C=O) groups is 1. The van der Waals surface area contributed by atoms with Gasteiger partial charge in [-0.3, -0.25) is 9.59 Å². The van der Waals surface area contributed by atoms with Crippen molar-refractivity contribution in [3.05, 3.63) is 69.1 Å². The quantitative estimate of drug-likeness (QED) is 0.825. The van der Waals surface area contributed by atoms with Gasteiger partial charge in [-0.2, -0.15) is 0 Å². The van der Waals surface area contributed by atoms with Crippen LogP contribution >= 0.6 is 24.0 Å². The van der Waals surface area contributed by atoms with Crippen LogP contribution in [0, 0.1) is 5.92 Å². The number of benzene rings is 1. The van der Waals surface area contributed by atoms with Crippen LogP contribution in [0.3, 0.4) is 0 Å². The number of carbonyl (C=O) groups excluding carboxylic acids is 1. The predicted octanol–water partition coefficient (Wildman–Crippen LogP) is 3.04. The predicted molar refractivity (Wildman–Crippen MR) is 111 cm³/mol. The molecule has 2 aromatic rings. The fraction of sp³-hybridized carbons (Fsp3) is 0.400. The van der Waals surface area contributed by atoms with Gasteiger partial charge in [0.15, 0.2) is 0 Å². The number of halogens is 2. The van der Waals surface area contributed by atoms with E-state index in [1.807, 2.05) is 30.1 Å². The fourth-order valence-electron chi connectivity index (χ4n) is 3.48. The van der Waals surface area contributed by atoms with Crippen molar-refractivity contribution in [3.63, 3.8) is 0 Å². The molecule has 0 radical (unpaired) electrons. The summed E-state index contributed by atoms with van der Waals surface area (Å²) in [5.41, 5.74) is 1.25. The van der Waals surface area contributed by atoms with Crippen LogP contribution in [0.5, 0.6) is 0 Å². The molecule has 1 aromatic carbocycles. The van der Waals surface area contributed by atoms with E-state index in [0.717, 1.165) is 38.0 Å². The molecule has 1 fully saturated rings. The Labute approximate surface area is 170 Å². The number of nitrogens with zero attached hydrogens (tertiary/aromatic N) is 2. The zero-order valence-corrected chi connectivity index (χ0v) is 16.9. The van der Waals surface area contributed by atoms with E-state index in [9.17, 15) is 9.59 Å². The van der Waals surface area contributed by atoms with Crippen LogP contribution in [0.1, 0.15) is 28.8 Å². The summed E-state index contributed by atoms with van der Waals surface area (Å²) >= 11 is 6.20. The van der Waals surface area contributed by atoms with Gasteiger partial charge in [-0.05, 0) is 50.0 Å². The second kappa shape index (κ2) is 9.93. The van der Waals surface area contributed by atoms with Gasteiger partial charge >= 0.3 is 0 Å². The minimum Gasteiger partial charge on any atom is -0.338 e. The number of hydrogen-bond acceptors (Lipinski definition) is 3. The Bertz CT molecular complexity index is 836. The third kappa shape index (κ3) is 5.34. The van der Waals surface area contributed by atoms with E-state index >= 15 is 0 Å². The highest BCUT2D eigenvalue weighted by Gasteiger charge is 2.24. The first-order valence-electron chi connectivity index (χ1n) is 8.96. The minimum atomic E-state index is -0.145. The Morgan fingerprint density at radius 1 is 1.26 bits per heavy atom. The van der Waals surface area contributed by atoms with Crippen molar-refractivity contribution < 1.29 is 4.79 Å². The zero-order chi connectivity index (χ0) is 18.5. The van der Waals surface area contributed by atoms with Crippen LogP contribution in [0.15, 0.2) is 47.4 Å². The van der Waals surface area contributed by atoms with Gasteiger partial charge in [0, 0.05) is 30.4 Å². The van der Waals surface area contributed by atoms with Gasteiger partial charge in [-0.25, -0.2) is 0 Å². The van der Waals surface area contributed by atoms with Crippen LogP contribution < -0.4 is 10.9 Å². The van der Waals surface area contributed by atoms with E-state index in [-0.39, 0.29) is 23.9 Å². The molecular formula is C20H25Cl2N3O2. The average Bonchev–Trinajstić information content (AvgIpc) is 2.65.